The maximum Gasteiger partial charge on any atom is 0.343 e. The number of hydrogen-bond donors (Lipinski definition) is 0. The van der Waals surface area contributed by atoms with Gasteiger partial charge in [0.15, 0.2) is 11.5 Å². The summed E-state index contributed by atoms with van der Waals surface area (Å²) in [6.45, 7) is 6.37. The smallest absolute Gasteiger partial charge is 0.343 e. The quantitative estimate of drug-likeness (QED) is 0.0491. The second kappa shape index (κ2) is 17.8. The molecule has 7 heteroatoms. The van der Waals surface area contributed by atoms with E-state index in [9.17, 15) is 9.59 Å². The molecule has 0 amide bonds. The third-order valence-electron chi connectivity index (χ3n) is 9.08. The van der Waals surface area contributed by atoms with Gasteiger partial charge in [-0.2, -0.15) is 0 Å². The first kappa shape index (κ1) is 35.9. The van der Waals surface area contributed by atoms with Crippen LogP contribution < -0.4 is 9.47 Å². The van der Waals surface area contributed by atoms with Crippen molar-refractivity contribution in [1.82, 2.24) is 0 Å². The lowest BCUT2D eigenvalue weighted by atomic mass is 10.0. The minimum Gasteiger partial charge on any atom is -0.493 e. The van der Waals surface area contributed by atoms with E-state index < -0.39 is 11.9 Å². The number of thiophene rings is 2. The van der Waals surface area contributed by atoms with Crippen molar-refractivity contribution in [2.45, 2.75) is 117 Å². The van der Waals surface area contributed by atoms with Crippen LogP contribution in [0.1, 0.15) is 131 Å². The molecule has 3 aromatic carbocycles. The zero-order valence-electron chi connectivity index (χ0n) is 29.0. The average molecular weight is 687 g/mol. The Bertz CT molecular complexity index is 1820. The minimum atomic E-state index is -0.474. The van der Waals surface area contributed by atoms with Gasteiger partial charge in [0.2, 0.25) is 0 Å². The Labute approximate surface area is 293 Å². The molecule has 0 fully saturated rings. The van der Waals surface area contributed by atoms with E-state index in [0.29, 0.717) is 16.9 Å². The number of carbonyl (C=O) groups is 2. The highest BCUT2D eigenvalue weighted by Gasteiger charge is 2.19. The Morgan fingerprint density at radius 1 is 0.646 bits per heavy atom. The summed E-state index contributed by atoms with van der Waals surface area (Å²) in [4.78, 5) is 26.0. The Morgan fingerprint density at radius 2 is 1.23 bits per heavy atom. The maximum absolute atomic E-state index is 13.3. The van der Waals surface area contributed by atoms with Gasteiger partial charge in [0, 0.05) is 20.2 Å². The molecule has 48 heavy (non-hydrogen) atoms. The number of aryl methyl sites for hydroxylation is 1. The molecule has 0 aliphatic rings. The van der Waals surface area contributed by atoms with Gasteiger partial charge in [-0.3, -0.25) is 0 Å². The first-order chi connectivity index (χ1) is 23.4. The van der Waals surface area contributed by atoms with Crippen LogP contribution in [0, 0.1) is 0 Å². The summed E-state index contributed by atoms with van der Waals surface area (Å²) in [5, 5.41) is 2.45. The van der Waals surface area contributed by atoms with Crippen LogP contribution >= 0.6 is 22.7 Å². The lowest BCUT2D eigenvalue weighted by Crippen LogP contribution is -2.15. The molecule has 0 saturated carbocycles. The van der Waals surface area contributed by atoms with Crippen LogP contribution in [0.25, 0.3) is 29.6 Å². The monoisotopic (exact) mass is 686 g/mol. The molecule has 256 valence electrons. The number of methoxy groups -OCH3 is 1. The van der Waals surface area contributed by atoms with Crippen LogP contribution in [0.5, 0.6) is 11.5 Å². The summed E-state index contributed by atoms with van der Waals surface area (Å²) in [6.07, 6.45) is 17.0. The van der Waals surface area contributed by atoms with Gasteiger partial charge in [-0.15, -0.1) is 22.7 Å². The molecule has 1 atom stereocenters. The number of hydrogen-bond acceptors (Lipinski definition) is 7. The fraction of sp³-hybridized carbons (Fsp3) is 0.463. The van der Waals surface area contributed by atoms with E-state index in [1.54, 1.807) is 29.5 Å². The Morgan fingerprint density at radius 3 is 1.92 bits per heavy atom. The highest BCUT2D eigenvalue weighted by Crippen LogP contribution is 2.44. The van der Waals surface area contributed by atoms with Crippen molar-refractivity contribution in [2.75, 3.05) is 7.11 Å². The molecule has 5 nitrogen and oxygen atoms in total. The number of fused-ring (bicyclic) bond motifs is 5. The fourth-order valence-electron chi connectivity index (χ4n) is 6.25. The van der Waals surface area contributed by atoms with E-state index in [0.717, 1.165) is 35.8 Å². The number of rotatable bonds is 19. The fourth-order valence-corrected chi connectivity index (χ4v) is 9.01. The normalized spacial score (nSPS) is 12.2. The van der Waals surface area contributed by atoms with Gasteiger partial charge >= 0.3 is 11.9 Å². The number of esters is 2. The molecule has 0 N–H and O–H groups in total. The molecule has 0 radical (unpaired) electrons. The SMILES string of the molecule is CCCCCCCCCCc1ccc2c(c1)sc1c3ccc(C(=O)Oc4ccc(C(=O)O[C@@H](C)CCCCCC)cc4OC)cc3sc21. The van der Waals surface area contributed by atoms with Crippen molar-refractivity contribution in [1.29, 1.82) is 0 Å². The van der Waals surface area contributed by atoms with Crippen molar-refractivity contribution in [2.24, 2.45) is 0 Å². The summed E-state index contributed by atoms with van der Waals surface area (Å²) < 4.78 is 21.8. The van der Waals surface area contributed by atoms with Gasteiger partial charge in [-0.05, 0) is 74.6 Å². The molecule has 0 unspecified atom stereocenters. The molecule has 2 aromatic heterocycles. The van der Waals surface area contributed by atoms with Gasteiger partial charge in [0.1, 0.15) is 0 Å². The van der Waals surface area contributed by atoms with E-state index in [2.05, 4.69) is 32.0 Å². The third kappa shape index (κ3) is 9.17. The average Bonchev–Trinajstić information content (AvgIpc) is 3.63. The number of ether oxygens (including phenoxy) is 3. The van der Waals surface area contributed by atoms with E-state index in [4.69, 9.17) is 14.2 Å². The topological polar surface area (TPSA) is 61.8 Å². The highest BCUT2D eigenvalue weighted by molar-refractivity contribution is 7.36. The summed E-state index contributed by atoms with van der Waals surface area (Å²) in [5.41, 5.74) is 2.25. The molecule has 0 spiro atoms. The first-order valence-corrected chi connectivity index (χ1v) is 19.5. The van der Waals surface area contributed by atoms with Crippen molar-refractivity contribution in [3.63, 3.8) is 0 Å². The molecular weight excluding hydrogens is 637 g/mol. The van der Waals surface area contributed by atoms with Crippen LogP contribution in [0.15, 0.2) is 54.6 Å². The van der Waals surface area contributed by atoms with Crippen LogP contribution in [-0.2, 0) is 11.2 Å². The zero-order valence-corrected chi connectivity index (χ0v) is 30.7. The van der Waals surface area contributed by atoms with E-state index in [1.807, 2.05) is 36.5 Å². The predicted octanol–water partition coefficient (Wildman–Crippen LogP) is 12.7. The maximum atomic E-state index is 13.3. The van der Waals surface area contributed by atoms with Gasteiger partial charge in [0.25, 0.3) is 0 Å². The van der Waals surface area contributed by atoms with Crippen LogP contribution in [0.3, 0.4) is 0 Å². The third-order valence-corrected chi connectivity index (χ3v) is 11.6. The van der Waals surface area contributed by atoms with Crippen LogP contribution in [0.2, 0.25) is 0 Å². The minimum absolute atomic E-state index is 0.166. The van der Waals surface area contributed by atoms with Gasteiger partial charge in [-0.25, -0.2) is 9.59 Å². The predicted molar refractivity (Wildman–Crippen MR) is 203 cm³/mol. The lowest BCUT2D eigenvalue weighted by Gasteiger charge is -2.14. The Balaban J connectivity index is 1.21. The first-order valence-electron chi connectivity index (χ1n) is 17.9. The molecule has 5 aromatic rings. The second-order valence-electron chi connectivity index (χ2n) is 12.9. The van der Waals surface area contributed by atoms with Gasteiger partial charge in [-0.1, -0.05) is 96.3 Å². The molecule has 0 bridgehead atoms. The van der Waals surface area contributed by atoms with Gasteiger partial charge in [0.05, 0.1) is 33.7 Å². The zero-order chi connectivity index (χ0) is 33.9. The summed E-state index contributed by atoms with van der Waals surface area (Å²) in [6, 6.07) is 17.5. The summed E-state index contributed by atoms with van der Waals surface area (Å²) in [5.74, 6) is -0.324. The van der Waals surface area contributed by atoms with Crippen molar-refractivity contribution < 1.29 is 23.8 Å². The number of benzene rings is 3. The molecule has 2 heterocycles. The Kier molecular flexibility index (Phi) is 13.3. The van der Waals surface area contributed by atoms with Crippen LogP contribution in [0.4, 0.5) is 0 Å². The highest BCUT2D eigenvalue weighted by atomic mass is 32.1. The second-order valence-corrected chi connectivity index (χ2v) is 15.1. The number of carbonyl (C=O) groups excluding carboxylic acids is 2. The van der Waals surface area contributed by atoms with E-state index >= 15 is 0 Å². The molecule has 0 saturated heterocycles. The van der Waals surface area contributed by atoms with E-state index in [1.165, 1.54) is 96.4 Å². The molecule has 0 aliphatic carbocycles. The van der Waals surface area contributed by atoms with Crippen molar-refractivity contribution >= 4 is 64.2 Å². The molecule has 5 rings (SSSR count). The Hall–Kier alpha value is -3.42. The largest absolute Gasteiger partial charge is 0.493 e. The molecule has 0 aliphatic heterocycles. The summed E-state index contributed by atoms with van der Waals surface area (Å²) in [7, 11) is 1.49. The molecular formula is C41H50O5S2. The lowest BCUT2D eigenvalue weighted by molar-refractivity contribution is 0.0319. The number of unbranched alkanes of at least 4 members (excludes halogenated alkanes) is 10. The van der Waals surface area contributed by atoms with E-state index in [-0.39, 0.29) is 11.9 Å². The summed E-state index contributed by atoms with van der Waals surface area (Å²) >= 11 is 3.57. The van der Waals surface area contributed by atoms with Crippen molar-refractivity contribution in [3.8, 4) is 11.5 Å². The van der Waals surface area contributed by atoms with Gasteiger partial charge < -0.3 is 14.2 Å². The standard InChI is InChI=1S/C41H50O5S2/c1-5-7-9-11-12-13-14-16-18-29-19-22-32-36(25-29)47-39-33-23-20-31(27-37(33)48-38(32)39)41(43)46-34-24-21-30(26-35(34)44-4)40(42)45-28(3)17-15-10-8-6-2/h19-28H,5-18H2,1-4H3/t28-/m0/s1. The van der Waals surface area contributed by atoms with Crippen molar-refractivity contribution in [3.05, 3.63) is 71.3 Å². The van der Waals surface area contributed by atoms with Crippen LogP contribution in [-0.4, -0.2) is 25.2 Å².